The fourth-order valence-corrected chi connectivity index (χ4v) is 3.33. The molecule has 0 radical (unpaired) electrons. The SMILES string of the molecule is CCCCCCCCC(CCCCCCC)OC(=O)c1cc(O)c(O)c(O)c1. The van der Waals surface area contributed by atoms with Gasteiger partial charge in [-0.05, 0) is 37.8 Å². The monoisotopic (exact) mass is 394 g/mol. The summed E-state index contributed by atoms with van der Waals surface area (Å²) in [5.41, 5.74) is 0.0479. The van der Waals surface area contributed by atoms with Crippen molar-refractivity contribution in [1.29, 1.82) is 0 Å². The molecule has 0 saturated carbocycles. The maximum atomic E-state index is 12.5. The summed E-state index contributed by atoms with van der Waals surface area (Å²) in [7, 11) is 0. The Labute approximate surface area is 169 Å². The Morgan fingerprint density at radius 3 is 1.68 bits per heavy atom. The van der Waals surface area contributed by atoms with Crippen LogP contribution in [0.4, 0.5) is 0 Å². The van der Waals surface area contributed by atoms with E-state index in [4.69, 9.17) is 4.74 Å². The highest BCUT2D eigenvalue weighted by atomic mass is 16.5. The van der Waals surface area contributed by atoms with Crippen molar-refractivity contribution in [3.05, 3.63) is 17.7 Å². The van der Waals surface area contributed by atoms with E-state index in [1.165, 1.54) is 44.9 Å². The van der Waals surface area contributed by atoms with Crippen LogP contribution < -0.4 is 0 Å². The highest BCUT2D eigenvalue weighted by Crippen LogP contribution is 2.35. The lowest BCUT2D eigenvalue weighted by atomic mass is 10.0. The molecule has 0 aliphatic heterocycles. The topological polar surface area (TPSA) is 87.0 Å². The number of phenolic OH excluding ortho intramolecular Hbond substituents is 3. The third kappa shape index (κ3) is 9.34. The number of unbranched alkanes of at least 4 members (excludes halogenated alkanes) is 9. The second-order valence-electron chi connectivity index (χ2n) is 7.65. The number of ether oxygens (including phenoxy) is 1. The molecule has 0 saturated heterocycles. The second kappa shape index (κ2) is 14.1. The van der Waals surface area contributed by atoms with Gasteiger partial charge in [-0.3, -0.25) is 0 Å². The first-order valence-corrected chi connectivity index (χ1v) is 11.0. The normalized spacial score (nSPS) is 12.1. The molecule has 1 rings (SSSR count). The molecule has 1 atom stereocenters. The van der Waals surface area contributed by atoms with E-state index in [9.17, 15) is 20.1 Å². The Hall–Kier alpha value is -1.91. The molecule has 160 valence electrons. The number of esters is 1. The van der Waals surface area contributed by atoms with Crippen molar-refractivity contribution in [2.24, 2.45) is 0 Å². The Kier molecular flexibility index (Phi) is 12.2. The molecule has 1 aromatic carbocycles. The lowest BCUT2D eigenvalue weighted by molar-refractivity contribution is 0.0248. The largest absolute Gasteiger partial charge is 0.504 e. The minimum atomic E-state index is -0.629. The highest BCUT2D eigenvalue weighted by molar-refractivity contribution is 5.91. The molecule has 0 spiro atoms. The number of carbonyl (C=O) groups is 1. The fraction of sp³-hybridized carbons (Fsp3) is 0.696. The zero-order valence-electron chi connectivity index (χ0n) is 17.6. The van der Waals surface area contributed by atoms with Crippen LogP contribution in [0.5, 0.6) is 17.2 Å². The predicted molar refractivity (Wildman–Crippen MR) is 112 cm³/mol. The van der Waals surface area contributed by atoms with Crippen LogP contribution in [0, 0.1) is 0 Å². The fourth-order valence-electron chi connectivity index (χ4n) is 3.33. The van der Waals surface area contributed by atoms with E-state index >= 15 is 0 Å². The number of hydrogen-bond acceptors (Lipinski definition) is 5. The number of phenols is 3. The third-order valence-electron chi connectivity index (χ3n) is 5.09. The molecule has 28 heavy (non-hydrogen) atoms. The third-order valence-corrected chi connectivity index (χ3v) is 5.09. The van der Waals surface area contributed by atoms with Crippen molar-refractivity contribution >= 4 is 5.97 Å². The van der Waals surface area contributed by atoms with Crippen molar-refractivity contribution < 1.29 is 24.9 Å². The number of aromatic hydroxyl groups is 3. The summed E-state index contributed by atoms with van der Waals surface area (Å²) in [4.78, 5) is 12.5. The first kappa shape index (κ1) is 24.1. The molecule has 1 aromatic rings. The summed E-state index contributed by atoms with van der Waals surface area (Å²) in [6, 6.07) is 2.25. The molecule has 0 bridgehead atoms. The minimum absolute atomic E-state index is 0.0479. The summed E-state index contributed by atoms with van der Waals surface area (Å²) in [5.74, 6) is -2.26. The van der Waals surface area contributed by atoms with E-state index in [1.807, 2.05) is 0 Å². The van der Waals surface area contributed by atoms with Crippen molar-refractivity contribution in [1.82, 2.24) is 0 Å². The molecule has 0 aliphatic carbocycles. The van der Waals surface area contributed by atoms with Crippen LogP contribution in [0.25, 0.3) is 0 Å². The summed E-state index contributed by atoms with van der Waals surface area (Å²) in [6.45, 7) is 4.39. The van der Waals surface area contributed by atoms with E-state index in [0.29, 0.717) is 0 Å². The van der Waals surface area contributed by atoms with E-state index in [-0.39, 0.29) is 11.7 Å². The van der Waals surface area contributed by atoms with Gasteiger partial charge in [0.2, 0.25) is 0 Å². The number of benzene rings is 1. The van der Waals surface area contributed by atoms with Crippen LogP contribution in [-0.4, -0.2) is 27.4 Å². The molecular weight excluding hydrogens is 356 g/mol. The van der Waals surface area contributed by atoms with Crippen molar-refractivity contribution in [3.8, 4) is 17.2 Å². The summed E-state index contributed by atoms with van der Waals surface area (Å²) in [6.07, 6.45) is 14.4. The van der Waals surface area contributed by atoms with E-state index in [1.54, 1.807) is 0 Å². The average Bonchev–Trinajstić information content (AvgIpc) is 2.67. The first-order chi connectivity index (χ1) is 13.5. The molecule has 3 N–H and O–H groups in total. The van der Waals surface area contributed by atoms with Gasteiger partial charge in [-0.1, -0.05) is 71.6 Å². The van der Waals surface area contributed by atoms with Gasteiger partial charge in [-0.2, -0.15) is 0 Å². The summed E-state index contributed by atoms with van der Waals surface area (Å²) < 4.78 is 5.68. The molecule has 1 unspecified atom stereocenters. The summed E-state index contributed by atoms with van der Waals surface area (Å²) >= 11 is 0. The predicted octanol–water partition coefficient (Wildman–Crippen LogP) is 6.44. The zero-order chi connectivity index (χ0) is 20.8. The van der Waals surface area contributed by atoms with Crippen LogP contribution in [0.15, 0.2) is 12.1 Å². The lowest BCUT2D eigenvalue weighted by Gasteiger charge is -2.18. The average molecular weight is 395 g/mol. The second-order valence-corrected chi connectivity index (χ2v) is 7.65. The maximum Gasteiger partial charge on any atom is 0.338 e. The minimum Gasteiger partial charge on any atom is -0.504 e. The lowest BCUT2D eigenvalue weighted by Crippen LogP contribution is -2.18. The molecular formula is C23H38O5. The van der Waals surface area contributed by atoms with Crippen molar-refractivity contribution in [2.45, 2.75) is 103 Å². The number of rotatable bonds is 15. The van der Waals surface area contributed by atoms with Gasteiger partial charge in [-0.25, -0.2) is 4.79 Å². The Morgan fingerprint density at radius 1 is 0.786 bits per heavy atom. The van der Waals surface area contributed by atoms with E-state index in [0.717, 1.165) is 50.7 Å². The molecule has 0 heterocycles. The van der Waals surface area contributed by atoms with Crippen LogP contribution in [-0.2, 0) is 4.74 Å². The molecule has 5 heteroatoms. The van der Waals surface area contributed by atoms with E-state index < -0.39 is 23.2 Å². The Morgan fingerprint density at radius 2 is 1.21 bits per heavy atom. The Bertz CT molecular complexity index is 547. The molecule has 0 aliphatic rings. The van der Waals surface area contributed by atoms with Gasteiger partial charge in [0.1, 0.15) is 6.10 Å². The van der Waals surface area contributed by atoms with Gasteiger partial charge < -0.3 is 20.1 Å². The van der Waals surface area contributed by atoms with Gasteiger partial charge in [0.25, 0.3) is 0 Å². The number of carbonyl (C=O) groups excluding carboxylic acids is 1. The van der Waals surface area contributed by atoms with Gasteiger partial charge >= 0.3 is 5.97 Å². The Balaban J connectivity index is 2.57. The van der Waals surface area contributed by atoms with Crippen LogP contribution in [0.1, 0.15) is 108 Å². The smallest absolute Gasteiger partial charge is 0.338 e. The van der Waals surface area contributed by atoms with Gasteiger partial charge in [0.15, 0.2) is 17.2 Å². The maximum absolute atomic E-state index is 12.5. The molecule has 5 nitrogen and oxygen atoms in total. The van der Waals surface area contributed by atoms with Crippen LogP contribution in [0.2, 0.25) is 0 Å². The van der Waals surface area contributed by atoms with Gasteiger partial charge in [0, 0.05) is 0 Å². The van der Waals surface area contributed by atoms with Crippen molar-refractivity contribution in [2.75, 3.05) is 0 Å². The molecule has 0 amide bonds. The van der Waals surface area contributed by atoms with Gasteiger partial charge in [0.05, 0.1) is 5.56 Å². The zero-order valence-corrected chi connectivity index (χ0v) is 17.6. The van der Waals surface area contributed by atoms with Crippen LogP contribution >= 0.6 is 0 Å². The molecule has 0 aromatic heterocycles. The summed E-state index contributed by atoms with van der Waals surface area (Å²) in [5, 5.41) is 28.7. The van der Waals surface area contributed by atoms with Crippen molar-refractivity contribution in [3.63, 3.8) is 0 Å². The molecule has 0 fully saturated rings. The van der Waals surface area contributed by atoms with Gasteiger partial charge in [-0.15, -0.1) is 0 Å². The van der Waals surface area contributed by atoms with Crippen LogP contribution in [0.3, 0.4) is 0 Å². The quantitative estimate of drug-likeness (QED) is 0.181. The highest BCUT2D eigenvalue weighted by Gasteiger charge is 2.19. The first-order valence-electron chi connectivity index (χ1n) is 11.0. The number of hydrogen-bond donors (Lipinski definition) is 3. The standard InChI is InChI=1S/C23H38O5/c1-3-5-7-9-11-13-15-19(14-12-10-8-6-4-2)28-23(27)18-16-20(24)22(26)21(25)17-18/h16-17,19,24-26H,3-15H2,1-2H3. The van der Waals surface area contributed by atoms with E-state index in [2.05, 4.69) is 13.8 Å².